The number of carbonyl (C=O) groups excluding carboxylic acids is 1. The molecule has 1 N–H and O–H groups in total. The van der Waals surface area contributed by atoms with Gasteiger partial charge in [0.1, 0.15) is 0 Å². The molecule has 4 aromatic rings. The van der Waals surface area contributed by atoms with E-state index in [0.29, 0.717) is 18.3 Å². The number of nitriles is 1. The first-order valence-corrected chi connectivity index (χ1v) is 14.1. The van der Waals surface area contributed by atoms with Crippen molar-refractivity contribution in [3.8, 4) is 17.2 Å². The molecule has 204 valence electrons. The van der Waals surface area contributed by atoms with Gasteiger partial charge in [0.2, 0.25) is 11.9 Å². The molecule has 1 saturated heterocycles. The van der Waals surface area contributed by atoms with E-state index in [9.17, 15) is 10.1 Å². The van der Waals surface area contributed by atoms with Crippen molar-refractivity contribution < 1.29 is 4.79 Å². The number of carbonyl (C=O) groups is 1. The van der Waals surface area contributed by atoms with Crippen LogP contribution in [0.5, 0.6) is 0 Å². The molecule has 1 saturated carbocycles. The van der Waals surface area contributed by atoms with Crippen LogP contribution in [-0.2, 0) is 4.79 Å². The zero-order valence-electron chi connectivity index (χ0n) is 22.8. The number of hydrogen-bond acceptors (Lipinski definition) is 7. The molecule has 0 bridgehead atoms. The van der Waals surface area contributed by atoms with Crippen LogP contribution in [0.3, 0.4) is 0 Å². The van der Waals surface area contributed by atoms with E-state index < -0.39 is 0 Å². The molecule has 6 rings (SSSR count). The first-order valence-electron chi connectivity index (χ1n) is 14.1. The Morgan fingerprint density at radius 3 is 2.67 bits per heavy atom. The zero-order valence-corrected chi connectivity index (χ0v) is 22.8. The summed E-state index contributed by atoms with van der Waals surface area (Å²) in [6.07, 6.45) is 11.1. The molecule has 1 amide bonds. The number of nitrogens with one attached hydrogen (secondary N) is 1. The number of aromatic nitrogens is 4. The van der Waals surface area contributed by atoms with Gasteiger partial charge in [-0.2, -0.15) is 10.4 Å². The van der Waals surface area contributed by atoms with E-state index in [4.69, 9.17) is 10.1 Å². The van der Waals surface area contributed by atoms with Crippen LogP contribution in [0.25, 0.3) is 22.0 Å². The van der Waals surface area contributed by atoms with E-state index in [-0.39, 0.29) is 11.9 Å². The van der Waals surface area contributed by atoms with E-state index in [1.54, 1.807) is 6.92 Å². The third kappa shape index (κ3) is 5.34. The molecule has 40 heavy (non-hydrogen) atoms. The van der Waals surface area contributed by atoms with Gasteiger partial charge in [0, 0.05) is 73.4 Å². The summed E-state index contributed by atoms with van der Waals surface area (Å²) < 4.78 is 2.00. The van der Waals surface area contributed by atoms with Crippen LogP contribution in [0, 0.1) is 17.2 Å². The van der Waals surface area contributed by atoms with Gasteiger partial charge < -0.3 is 15.1 Å². The predicted octanol–water partition coefficient (Wildman–Crippen LogP) is 5.55. The zero-order chi connectivity index (χ0) is 27.5. The van der Waals surface area contributed by atoms with Crippen molar-refractivity contribution in [3.63, 3.8) is 0 Å². The summed E-state index contributed by atoms with van der Waals surface area (Å²) in [5.74, 6) is 1.16. The summed E-state index contributed by atoms with van der Waals surface area (Å²) in [5.41, 5.74) is 4.86. The highest BCUT2D eigenvalue weighted by Gasteiger charge is 2.27. The normalized spacial score (nSPS) is 16.7. The van der Waals surface area contributed by atoms with E-state index >= 15 is 0 Å². The summed E-state index contributed by atoms with van der Waals surface area (Å²) in [6.45, 7) is 4.71. The fourth-order valence-corrected chi connectivity index (χ4v) is 6.11. The first kappa shape index (κ1) is 25.8. The Kier molecular flexibility index (Phi) is 7.32. The average Bonchev–Trinajstić information content (AvgIpc) is 3.69. The molecular formula is C31H34N8O. The predicted molar refractivity (Wildman–Crippen MR) is 156 cm³/mol. The summed E-state index contributed by atoms with van der Waals surface area (Å²) >= 11 is 0. The molecule has 0 radical (unpaired) electrons. The number of anilines is 3. The molecule has 9 nitrogen and oxygen atoms in total. The minimum absolute atomic E-state index is 0.112. The van der Waals surface area contributed by atoms with Crippen molar-refractivity contribution >= 4 is 34.1 Å². The molecule has 2 aromatic carbocycles. The number of amides is 1. The van der Waals surface area contributed by atoms with Gasteiger partial charge in [-0.3, -0.25) is 9.48 Å². The van der Waals surface area contributed by atoms with E-state index in [2.05, 4.69) is 45.7 Å². The second-order valence-corrected chi connectivity index (χ2v) is 10.8. The lowest BCUT2D eigenvalue weighted by atomic mass is 9.96. The fraction of sp³-hybridized carbons (Fsp3) is 0.387. The summed E-state index contributed by atoms with van der Waals surface area (Å²) in [7, 11) is 0. The number of para-hydroxylation sites is 1. The second-order valence-electron chi connectivity index (χ2n) is 10.8. The molecule has 1 atom stereocenters. The van der Waals surface area contributed by atoms with Gasteiger partial charge in [-0.25, -0.2) is 9.97 Å². The minimum Gasteiger partial charge on any atom is -0.368 e. The van der Waals surface area contributed by atoms with Crippen LogP contribution < -0.4 is 10.2 Å². The van der Waals surface area contributed by atoms with Crippen molar-refractivity contribution in [2.24, 2.45) is 5.92 Å². The monoisotopic (exact) mass is 534 g/mol. The third-order valence-electron chi connectivity index (χ3n) is 8.30. The van der Waals surface area contributed by atoms with Crippen LogP contribution in [-0.4, -0.2) is 56.7 Å². The molecule has 1 aliphatic carbocycles. The number of fused-ring (bicyclic) bond motifs is 1. The molecule has 2 aliphatic rings. The van der Waals surface area contributed by atoms with Gasteiger partial charge in [-0.15, -0.1) is 0 Å². The smallest absolute Gasteiger partial charge is 0.227 e. The number of hydrogen-bond donors (Lipinski definition) is 1. The lowest BCUT2D eigenvalue weighted by Gasteiger charge is -2.35. The maximum absolute atomic E-state index is 11.7. The van der Waals surface area contributed by atoms with Gasteiger partial charge in [0.25, 0.3) is 0 Å². The highest BCUT2D eigenvalue weighted by Crippen LogP contribution is 2.37. The maximum Gasteiger partial charge on any atom is 0.227 e. The van der Waals surface area contributed by atoms with Crippen LogP contribution in [0.1, 0.15) is 45.1 Å². The maximum atomic E-state index is 11.7. The SMILES string of the molecule is CC(=O)N1CCN(c2cccc(Nc3ncc4cccc(-c5cnn(C(CC#N)C6CCCC6)c5)c4n3)c2)CC1. The molecule has 3 heterocycles. The highest BCUT2D eigenvalue weighted by atomic mass is 16.2. The molecule has 2 fully saturated rings. The quantitative estimate of drug-likeness (QED) is 0.332. The number of piperazine rings is 1. The minimum atomic E-state index is 0.112. The van der Waals surface area contributed by atoms with E-state index in [0.717, 1.165) is 72.4 Å². The highest BCUT2D eigenvalue weighted by molar-refractivity contribution is 5.93. The van der Waals surface area contributed by atoms with Gasteiger partial charge >= 0.3 is 0 Å². The van der Waals surface area contributed by atoms with Gasteiger partial charge in [-0.1, -0.05) is 37.1 Å². The Balaban J connectivity index is 1.24. The molecule has 1 unspecified atom stereocenters. The summed E-state index contributed by atoms with van der Waals surface area (Å²) in [6, 6.07) is 16.8. The average molecular weight is 535 g/mol. The Morgan fingerprint density at radius 2 is 1.90 bits per heavy atom. The van der Waals surface area contributed by atoms with Crippen LogP contribution in [0.2, 0.25) is 0 Å². The van der Waals surface area contributed by atoms with Crippen molar-refractivity contribution in [2.45, 2.75) is 45.1 Å². The van der Waals surface area contributed by atoms with Crippen molar-refractivity contribution in [1.82, 2.24) is 24.6 Å². The topological polar surface area (TPSA) is 103 Å². The first-order chi connectivity index (χ1) is 19.6. The Bertz CT molecular complexity index is 1540. The lowest BCUT2D eigenvalue weighted by molar-refractivity contribution is -0.129. The van der Waals surface area contributed by atoms with E-state index in [1.807, 2.05) is 46.2 Å². The van der Waals surface area contributed by atoms with Gasteiger partial charge in [0.05, 0.1) is 30.2 Å². The fourth-order valence-electron chi connectivity index (χ4n) is 6.11. The van der Waals surface area contributed by atoms with Crippen LogP contribution in [0.15, 0.2) is 61.1 Å². The molecule has 0 spiro atoms. The molecule has 2 aromatic heterocycles. The largest absolute Gasteiger partial charge is 0.368 e. The van der Waals surface area contributed by atoms with Crippen molar-refractivity contribution in [3.05, 3.63) is 61.1 Å². The number of rotatable bonds is 7. The Morgan fingerprint density at radius 1 is 1.10 bits per heavy atom. The van der Waals surface area contributed by atoms with Crippen LogP contribution in [0.4, 0.5) is 17.3 Å². The third-order valence-corrected chi connectivity index (χ3v) is 8.30. The number of nitrogens with zero attached hydrogens (tertiary/aromatic N) is 7. The molecule has 9 heteroatoms. The number of benzene rings is 2. The Labute approximate surface area is 234 Å². The standard InChI is InChI=1S/C31H34N8O/c1-22(40)37-14-16-38(17-15-37)27-10-5-9-26(18-27)35-31-33-19-24-8-4-11-28(30(24)36-31)25-20-34-39(21-25)29(12-13-32)23-6-2-3-7-23/h4-5,8-11,18-21,23,29H,2-3,6-7,12,14-17H2,1H3,(H,33,35,36). The van der Waals surface area contributed by atoms with Crippen molar-refractivity contribution in [2.75, 3.05) is 36.4 Å². The van der Waals surface area contributed by atoms with Gasteiger partial charge in [-0.05, 0) is 37.0 Å². The van der Waals surface area contributed by atoms with Crippen LogP contribution >= 0.6 is 0 Å². The summed E-state index contributed by atoms with van der Waals surface area (Å²) in [4.78, 5) is 25.4. The van der Waals surface area contributed by atoms with Gasteiger partial charge in [0.15, 0.2) is 0 Å². The summed E-state index contributed by atoms with van der Waals surface area (Å²) in [5, 5.41) is 18.5. The van der Waals surface area contributed by atoms with E-state index in [1.165, 1.54) is 12.8 Å². The second kappa shape index (κ2) is 11.3. The Hall–Kier alpha value is -4.45. The molecule has 1 aliphatic heterocycles. The van der Waals surface area contributed by atoms with Crippen molar-refractivity contribution in [1.29, 1.82) is 5.26 Å². The molecular weight excluding hydrogens is 500 g/mol. The lowest BCUT2D eigenvalue weighted by Crippen LogP contribution is -2.48.